The molecule has 0 aliphatic carbocycles. The van der Waals surface area contributed by atoms with Gasteiger partial charge < -0.3 is 10.5 Å². The summed E-state index contributed by atoms with van der Waals surface area (Å²) >= 11 is 0. The third-order valence-corrected chi connectivity index (χ3v) is 2.97. The van der Waals surface area contributed by atoms with Crippen LogP contribution in [0.15, 0.2) is 60.7 Å². The third-order valence-electron chi connectivity index (χ3n) is 2.97. The number of carbonyl (C=O) groups is 1. The summed E-state index contributed by atoms with van der Waals surface area (Å²) in [5.74, 6) is -0.478. The molecular weight excluding hydrogens is 238 g/mol. The van der Waals surface area contributed by atoms with E-state index in [4.69, 9.17) is 10.5 Å². The Hall–Kier alpha value is -2.13. The maximum absolute atomic E-state index is 11.6. The average molecular weight is 255 g/mol. The van der Waals surface area contributed by atoms with E-state index in [1.54, 1.807) is 0 Å². The van der Waals surface area contributed by atoms with E-state index in [-0.39, 0.29) is 6.10 Å². The molecule has 0 spiro atoms. The molecule has 3 nitrogen and oxygen atoms in total. The Labute approximate surface area is 113 Å². The maximum atomic E-state index is 11.6. The lowest BCUT2D eigenvalue weighted by Crippen LogP contribution is -2.24. The summed E-state index contributed by atoms with van der Waals surface area (Å²) in [5, 5.41) is 0. The van der Waals surface area contributed by atoms with Crippen molar-refractivity contribution in [3.8, 4) is 0 Å². The largest absolute Gasteiger partial charge is 0.367 e. The summed E-state index contributed by atoms with van der Waals surface area (Å²) in [4.78, 5) is 11.6. The minimum atomic E-state index is -0.726. The zero-order chi connectivity index (χ0) is 13.7. The molecule has 98 valence electrons. The van der Waals surface area contributed by atoms with Crippen LogP contribution in [-0.2, 0) is 9.53 Å². The highest BCUT2D eigenvalue weighted by Crippen LogP contribution is 2.26. The van der Waals surface area contributed by atoms with Crippen molar-refractivity contribution in [2.45, 2.75) is 19.1 Å². The molecule has 1 amide bonds. The van der Waals surface area contributed by atoms with Crippen molar-refractivity contribution in [1.29, 1.82) is 0 Å². The molecule has 0 saturated carbocycles. The van der Waals surface area contributed by atoms with Crippen LogP contribution in [0.4, 0.5) is 0 Å². The summed E-state index contributed by atoms with van der Waals surface area (Å²) < 4.78 is 5.81. The lowest BCUT2D eigenvalue weighted by molar-refractivity contribution is -0.133. The van der Waals surface area contributed by atoms with Gasteiger partial charge in [-0.2, -0.15) is 0 Å². The molecule has 0 bridgehead atoms. The molecule has 0 aliphatic rings. The molecule has 0 radical (unpaired) electrons. The van der Waals surface area contributed by atoms with Crippen LogP contribution in [0.1, 0.15) is 30.3 Å². The van der Waals surface area contributed by atoms with Gasteiger partial charge in [-0.05, 0) is 18.1 Å². The van der Waals surface area contributed by atoms with Gasteiger partial charge in [0.15, 0.2) is 6.10 Å². The van der Waals surface area contributed by atoms with Crippen molar-refractivity contribution in [1.82, 2.24) is 0 Å². The van der Waals surface area contributed by atoms with E-state index >= 15 is 0 Å². The highest BCUT2D eigenvalue weighted by molar-refractivity contribution is 5.80. The average Bonchev–Trinajstić information content (AvgIpc) is 2.46. The Bertz CT molecular complexity index is 525. The Morgan fingerprint density at radius 1 is 0.947 bits per heavy atom. The zero-order valence-electron chi connectivity index (χ0n) is 10.8. The predicted octanol–water partition coefficient (Wildman–Crippen LogP) is 2.99. The number of carbonyl (C=O) groups excluding carboxylic acids is 1. The van der Waals surface area contributed by atoms with E-state index in [0.29, 0.717) is 0 Å². The quantitative estimate of drug-likeness (QED) is 0.893. The number of primary amides is 1. The van der Waals surface area contributed by atoms with Gasteiger partial charge in [-0.15, -0.1) is 0 Å². The van der Waals surface area contributed by atoms with Gasteiger partial charge >= 0.3 is 0 Å². The maximum Gasteiger partial charge on any atom is 0.251 e. The van der Waals surface area contributed by atoms with Gasteiger partial charge in [-0.1, -0.05) is 60.7 Å². The fourth-order valence-corrected chi connectivity index (χ4v) is 1.94. The van der Waals surface area contributed by atoms with Gasteiger partial charge in [-0.25, -0.2) is 0 Å². The van der Waals surface area contributed by atoms with Crippen LogP contribution in [0, 0.1) is 0 Å². The zero-order valence-corrected chi connectivity index (χ0v) is 10.8. The highest BCUT2D eigenvalue weighted by atomic mass is 16.5. The number of hydrogen-bond donors (Lipinski definition) is 1. The first-order valence-corrected chi connectivity index (χ1v) is 6.23. The van der Waals surface area contributed by atoms with Gasteiger partial charge in [0.25, 0.3) is 5.91 Å². The third kappa shape index (κ3) is 3.42. The van der Waals surface area contributed by atoms with Gasteiger partial charge in [-0.3, -0.25) is 4.79 Å². The Kier molecular flexibility index (Phi) is 4.31. The van der Waals surface area contributed by atoms with E-state index < -0.39 is 12.0 Å². The first-order valence-electron chi connectivity index (χ1n) is 6.23. The van der Waals surface area contributed by atoms with Crippen LogP contribution in [0.3, 0.4) is 0 Å². The summed E-state index contributed by atoms with van der Waals surface area (Å²) in [7, 11) is 0. The van der Waals surface area contributed by atoms with Crippen molar-refractivity contribution in [3.05, 3.63) is 71.8 Å². The summed E-state index contributed by atoms with van der Waals surface area (Å²) in [5.41, 5.74) is 7.23. The lowest BCUT2D eigenvalue weighted by atomic mass is 10.1. The topological polar surface area (TPSA) is 52.3 Å². The first-order chi connectivity index (χ1) is 9.18. The fraction of sp³-hybridized carbons (Fsp3) is 0.188. The van der Waals surface area contributed by atoms with E-state index in [1.807, 2.05) is 67.6 Å². The van der Waals surface area contributed by atoms with Crippen LogP contribution in [0.5, 0.6) is 0 Å². The van der Waals surface area contributed by atoms with E-state index in [0.717, 1.165) is 11.1 Å². The molecule has 2 N–H and O–H groups in total. The van der Waals surface area contributed by atoms with Crippen LogP contribution in [0.2, 0.25) is 0 Å². The Morgan fingerprint density at radius 2 is 1.42 bits per heavy atom. The van der Waals surface area contributed by atoms with Gasteiger partial charge in [0.2, 0.25) is 0 Å². The molecule has 2 rings (SSSR count). The second kappa shape index (κ2) is 6.16. The second-order valence-corrected chi connectivity index (χ2v) is 4.38. The van der Waals surface area contributed by atoms with Crippen LogP contribution < -0.4 is 5.73 Å². The van der Waals surface area contributed by atoms with Crippen LogP contribution in [0.25, 0.3) is 0 Å². The van der Waals surface area contributed by atoms with Crippen molar-refractivity contribution in [2.75, 3.05) is 0 Å². The highest BCUT2D eigenvalue weighted by Gasteiger charge is 2.21. The first kappa shape index (κ1) is 13.3. The summed E-state index contributed by atoms with van der Waals surface area (Å²) in [6.45, 7) is 1.91. The fourth-order valence-electron chi connectivity index (χ4n) is 1.94. The number of nitrogens with two attached hydrogens (primary N) is 1. The van der Waals surface area contributed by atoms with Crippen molar-refractivity contribution >= 4 is 5.91 Å². The van der Waals surface area contributed by atoms with E-state index in [2.05, 4.69) is 0 Å². The van der Waals surface area contributed by atoms with Crippen molar-refractivity contribution in [2.24, 2.45) is 5.73 Å². The van der Waals surface area contributed by atoms with Gasteiger partial charge in [0, 0.05) is 0 Å². The minimum absolute atomic E-state index is 0.195. The summed E-state index contributed by atoms with van der Waals surface area (Å²) in [6, 6.07) is 19.1. The molecule has 2 unspecified atom stereocenters. The number of rotatable bonds is 5. The predicted molar refractivity (Wildman–Crippen MR) is 74.3 cm³/mol. The monoisotopic (exact) mass is 255 g/mol. The number of amides is 1. The van der Waals surface area contributed by atoms with Crippen LogP contribution in [-0.4, -0.2) is 5.91 Å². The Balaban J connectivity index is 2.16. The minimum Gasteiger partial charge on any atom is -0.367 e. The second-order valence-electron chi connectivity index (χ2n) is 4.38. The van der Waals surface area contributed by atoms with Crippen molar-refractivity contribution in [3.63, 3.8) is 0 Å². The molecule has 0 aromatic heterocycles. The number of hydrogen-bond acceptors (Lipinski definition) is 2. The van der Waals surface area contributed by atoms with E-state index in [1.165, 1.54) is 0 Å². The molecule has 0 saturated heterocycles. The SMILES string of the molecule is CC(OC(C(N)=O)c1ccccc1)c1ccccc1. The van der Waals surface area contributed by atoms with Gasteiger partial charge in [0.1, 0.15) is 0 Å². The molecule has 19 heavy (non-hydrogen) atoms. The number of benzene rings is 2. The number of ether oxygens (including phenoxy) is 1. The Morgan fingerprint density at radius 3 is 1.89 bits per heavy atom. The molecule has 2 atom stereocenters. The molecular formula is C16H17NO2. The van der Waals surface area contributed by atoms with E-state index in [9.17, 15) is 4.79 Å². The molecule has 3 heteroatoms. The van der Waals surface area contributed by atoms with Crippen molar-refractivity contribution < 1.29 is 9.53 Å². The van der Waals surface area contributed by atoms with Gasteiger partial charge in [0.05, 0.1) is 6.10 Å². The van der Waals surface area contributed by atoms with Crippen LogP contribution >= 0.6 is 0 Å². The standard InChI is InChI=1S/C16H17NO2/c1-12(13-8-4-2-5-9-13)19-15(16(17)18)14-10-6-3-7-11-14/h2-12,15H,1H3,(H2,17,18). The normalized spacial score (nSPS) is 13.7. The molecule has 2 aromatic carbocycles. The smallest absolute Gasteiger partial charge is 0.251 e. The molecule has 0 heterocycles. The molecule has 2 aromatic rings. The molecule has 0 fully saturated rings. The lowest BCUT2D eigenvalue weighted by Gasteiger charge is -2.20. The summed E-state index contributed by atoms with van der Waals surface area (Å²) in [6.07, 6.45) is -0.921. The molecule has 0 aliphatic heterocycles.